The van der Waals surface area contributed by atoms with Crippen LogP contribution in [0.1, 0.15) is 39.5 Å². The van der Waals surface area contributed by atoms with Gasteiger partial charge in [-0.15, -0.1) is 0 Å². The molecule has 0 saturated heterocycles. The summed E-state index contributed by atoms with van der Waals surface area (Å²) >= 11 is 0. The predicted molar refractivity (Wildman–Crippen MR) is 98.2 cm³/mol. The Hall–Kier alpha value is -1.96. The van der Waals surface area contributed by atoms with Crippen molar-refractivity contribution < 1.29 is 0 Å². The number of anilines is 3. The maximum atomic E-state index is 3.44. The van der Waals surface area contributed by atoms with Gasteiger partial charge in [0.2, 0.25) is 0 Å². The van der Waals surface area contributed by atoms with Crippen LogP contribution in [-0.4, -0.2) is 13.1 Å². The first-order valence-electron chi connectivity index (χ1n) is 8.50. The van der Waals surface area contributed by atoms with Crippen LogP contribution in [0.4, 0.5) is 17.1 Å². The normalized spacial score (nSPS) is 10.5. The van der Waals surface area contributed by atoms with Gasteiger partial charge in [0, 0.05) is 30.2 Å². The van der Waals surface area contributed by atoms with Crippen LogP contribution in [0.15, 0.2) is 54.6 Å². The summed E-state index contributed by atoms with van der Waals surface area (Å²) in [6.45, 7) is 6.82. The lowest BCUT2D eigenvalue weighted by atomic mass is 10.2. The third-order valence-corrected chi connectivity index (χ3v) is 3.86. The summed E-state index contributed by atoms with van der Waals surface area (Å²) in [4.78, 5) is 2.51. The molecule has 2 nitrogen and oxygen atoms in total. The monoisotopic (exact) mass is 296 g/mol. The molecule has 0 spiro atoms. The molecule has 0 aliphatic carbocycles. The van der Waals surface area contributed by atoms with Crippen LogP contribution >= 0.6 is 0 Å². The Morgan fingerprint density at radius 3 is 1.82 bits per heavy atom. The van der Waals surface area contributed by atoms with Gasteiger partial charge in [-0.05, 0) is 49.2 Å². The summed E-state index contributed by atoms with van der Waals surface area (Å²) in [5.74, 6) is 0. The summed E-state index contributed by atoms with van der Waals surface area (Å²) in [7, 11) is 0. The van der Waals surface area contributed by atoms with E-state index in [1.807, 2.05) is 18.2 Å². The molecule has 0 saturated carbocycles. The van der Waals surface area contributed by atoms with Crippen molar-refractivity contribution in [1.82, 2.24) is 0 Å². The van der Waals surface area contributed by atoms with Gasteiger partial charge >= 0.3 is 0 Å². The van der Waals surface area contributed by atoms with E-state index in [4.69, 9.17) is 0 Å². The molecule has 2 heteroatoms. The fraction of sp³-hybridized carbons (Fsp3) is 0.400. The maximum absolute atomic E-state index is 3.44. The molecule has 1 N–H and O–H groups in total. The first kappa shape index (κ1) is 16.4. The highest BCUT2D eigenvalue weighted by atomic mass is 15.1. The summed E-state index contributed by atoms with van der Waals surface area (Å²) < 4.78 is 0. The Balaban J connectivity index is 2.01. The molecule has 2 aromatic rings. The van der Waals surface area contributed by atoms with Gasteiger partial charge in [0.25, 0.3) is 0 Å². The lowest BCUT2D eigenvalue weighted by molar-refractivity contribution is 0.678. The minimum atomic E-state index is 1.13. The van der Waals surface area contributed by atoms with Crippen LogP contribution in [0.5, 0.6) is 0 Å². The number of hydrogen-bond donors (Lipinski definition) is 1. The number of para-hydroxylation sites is 1. The highest BCUT2D eigenvalue weighted by molar-refractivity contribution is 5.62. The van der Waals surface area contributed by atoms with E-state index in [9.17, 15) is 0 Å². The van der Waals surface area contributed by atoms with Crippen molar-refractivity contribution in [3.8, 4) is 0 Å². The first-order chi connectivity index (χ1) is 10.8. The summed E-state index contributed by atoms with van der Waals surface area (Å²) in [5.41, 5.74) is 3.60. The number of rotatable bonds is 9. The molecule has 0 aromatic heterocycles. The fourth-order valence-corrected chi connectivity index (χ4v) is 2.51. The molecule has 0 bridgehead atoms. The van der Waals surface area contributed by atoms with Crippen molar-refractivity contribution in [2.45, 2.75) is 39.5 Å². The van der Waals surface area contributed by atoms with Crippen molar-refractivity contribution in [3.63, 3.8) is 0 Å². The fourth-order valence-electron chi connectivity index (χ4n) is 2.51. The average Bonchev–Trinajstić information content (AvgIpc) is 2.57. The number of nitrogens with one attached hydrogen (secondary N) is 1. The molecule has 0 radical (unpaired) electrons. The lowest BCUT2D eigenvalue weighted by Gasteiger charge is -2.25. The van der Waals surface area contributed by atoms with E-state index in [0.29, 0.717) is 0 Å². The number of hydrogen-bond acceptors (Lipinski definition) is 2. The molecule has 0 atom stereocenters. The van der Waals surface area contributed by atoms with E-state index in [1.165, 1.54) is 31.4 Å². The van der Waals surface area contributed by atoms with E-state index >= 15 is 0 Å². The van der Waals surface area contributed by atoms with Crippen molar-refractivity contribution >= 4 is 17.1 Å². The molecule has 0 aliphatic rings. The molecule has 0 unspecified atom stereocenters. The van der Waals surface area contributed by atoms with E-state index in [2.05, 4.69) is 60.5 Å². The Morgan fingerprint density at radius 2 is 1.27 bits per heavy atom. The van der Waals surface area contributed by atoms with Crippen LogP contribution in [-0.2, 0) is 0 Å². The zero-order valence-electron chi connectivity index (χ0n) is 13.9. The molecule has 2 aromatic carbocycles. The van der Waals surface area contributed by atoms with E-state index in [1.54, 1.807) is 0 Å². The van der Waals surface area contributed by atoms with E-state index in [-0.39, 0.29) is 0 Å². The van der Waals surface area contributed by atoms with Gasteiger partial charge in [-0.2, -0.15) is 0 Å². The zero-order chi connectivity index (χ0) is 15.6. The highest BCUT2D eigenvalue weighted by Crippen LogP contribution is 2.22. The van der Waals surface area contributed by atoms with Crippen LogP contribution in [0.2, 0.25) is 0 Å². The average molecular weight is 296 g/mol. The predicted octanol–water partition coefficient (Wildman–Crippen LogP) is 5.84. The van der Waals surface area contributed by atoms with Crippen LogP contribution in [0.3, 0.4) is 0 Å². The van der Waals surface area contributed by atoms with Crippen LogP contribution in [0.25, 0.3) is 0 Å². The molecule has 0 aliphatic heterocycles. The largest absolute Gasteiger partial charge is 0.372 e. The Bertz CT molecular complexity index is 511. The van der Waals surface area contributed by atoms with Crippen molar-refractivity contribution in [3.05, 3.63) is 54.6 Å². The molecular formula is C20H28N2. The van der Waals surface area contributed by atoms with Gasteiger partial charge in [-0.1, -0.05) is 44.9 Å². The quantitative estimate of drug-likeness (QED) is 0.625. The second-order valence-corrected chi connectivity index (χ2v) is 5.73. The minimum Gasteiger partial charge on any atom is -0.372 e. The van der Waals surface area contributed by atoms with Crippen LogP contribution < -0.4 is 10.2 Å². The molecule has 118 valence electrons. The molecule has 0 heterocycles. The van der Waals surface area contributed by atoms with Gasteiger partial charge < -0.3 is 10.2 Å². The zero-order valence-corrected chi connectivity index (χ0v) is 13.9. The first-order valence-corrected chi connectivity index (χ1v) is 8.50. The van der Waals surface area contributed by atoms with Crippen molar-refractivity contribution in [1.29, 1.82) is 0 Å². The second-order valence-electron chi connectivity index (χ2n) is 5.73. The Labute approximate surface area is 135 Å². The molecule has 0 amide bonds. The number of nitrogens with zero attached hydrogens (tertiary/aromatic N) is 1. The smallest absolute Gasteiger partial charge is 0.0385 e. The molecular weight excluding hydrogens is 268 g/mol. The van der Waals surface area contributed by atoms with Gasteiger partial charge in [0.1, 0.15) is 0 Å². The molecule has 0 fully saturated rings. The third kappa shape index (κ3) is 5.10. The summed E-state index contributed by atoms with van der Waals surface area (Å²) in [6, 6.07) is 19.1. The van der Waals surface area contributed by atoms with Gasteiger partial charge in [-0.25, -0.2) is 0 Å². The van der Waals surface area contributed by atoms with Gasteiger partial charge in [0.15, 0.2) is 0 Å². The SMILES string of the molecule is CCCCN(CCCC)c1ccc(Nc2ccccc2)cc1. The van der Waals surface area contributed by atoms with Crippen LogP contribution in [0, 0.1) is 0 Å². The lowest BCUT2D eigenvalue weighted by Crippen LogP contribution is -2.25. The number of unbranched alkanes of at least 4 members (excludes halogenated alkanes) is 2. The van der Waals surface area contributed by atoms with Crippen molar-refractivity contribution in [2.24, 2.45) is 0 Å². The molecule has 2 rings (SSSR count). The van der Waals surface area contributed by atoms with E-state index in [0.717, 1.165) is 24.5 Å². The summed E-state index contributed by atoms with van der Waals surface area (Å²) in [5, 5.41) is 3.44. The standard InChI is InChI=1S/C20H28N2/c1-3-5-16-22(17-6-4-2)20-14-12-19(13-15-20)21-18-10-8-7-9-11-18/h7-15,21H,3-6,16-17H2,1-2H3. The number of benzene rings is 2. The Morgan fingerprint density at radius 1 is 0.727 bits per heavy atom. The van der Waals surface area contributed by atoms with Crippen molar-refractivity contribution in [2.75, 3.05) is 23.3 Å². The topological polar surface area (TPSA) is 15.3 Å². The minimum absolute atomic E-state index is 1.13. The second kappa shape index (κ2) is 9.14. The van der Waals surface area contributed by atoms with Gasteiger partial charge in [0.05, 0.1) is 0 Å². The van der Waals surface area contributed by atoms with Gasteiger partial charge in [-0.3, -0.25) is 0 Å². The molecule has 22 heavy (non-hydrogen) atoms. The maximum Gasteiger partial charge on any atom is 0.0385 e. The van der Waals surface area contributed by atoms with E-state index < -0.39 is 0 Å². The highest BCUT2D eigenvalue weighted by Gasteiger charge is 2.05. The Kier molecular flexibility index (Phi) is 6.82. The third-order valence-electron chi connectivity index (χ3n) is 3.86. The summed E-state index contributed by atoms with van der Waals surface area (Å²) in [6.07, 6.45) is 5.01.